The molecule has 1 saturated heterocycles. The summed E-state index contributed by atoms with van der Waals surface area (Å²) < 4.78 is 0.939. The number of nitro benzene ring substituents is 1. The van der Waals surface area contributed by atoms with E-state index < -0.39 is 10.8 Å². The first-order chi connectivity index (χ1) is 12.0. The molecule has 25 heavy (non-hydrogen) atoms. The van der Waals surface area contributed by atoms with E-state index in [1.54, 1.807) is 24.4 Å². The number of carbonyl (C=O) groups excluding carboxylic acids is 1. The van der Waals surface area contributed by atoms with Gasteiger partial charge in [-0.15, -0.1) is 0 Å². The van der Waals surface area contributed by atoms with E-state index in [0.29, 0.717) is 5.82 Å². The zero-order valence-electron chi connectivity index (χ0n) is 13.4. The Bertz CT molecular complexity index is 789. The number of benzene rings is 1. The molecule has 1 aromatic carbocycles. The predicted molar refractivity (Wildman–Crippen MR) is 104 cm³/mol. The number of hydrogen-bond donors (Lipinski definition) is 1. The van der Waals surface area contributed by atoms with E-state index in [0.717, 1.165) is 35.2 Å². The summed E-state index contributed by atoms with van der Waals surface area (Å²) in [5.41, 5.74) is 0.684. The van der Waals surface area contributed by atoms with Crippen LogP contribution in [0.3, 0.4) is 0 Å². The van der Waals surface area contributed by atoms with Crippen LogP contribution in [0.2, 0.25) is 0 Å². The molecule has 2 heterocycles. The maximum absolute atomic E-state index is 12.6. The number of pyridine rings is 1. The summed E-state index contributed by atoms with van der Waals surface area (Å²) in [6.45, 7) is 1.80. The number of nitrogens with zero attached hydrogens (tertiary/aromatic N) is 3. The molecule has 0 bridgehead atoms. The molecule has 1 amide bonds. The van der Waals surface area contributed by atoms with Gasteiger partial charge in [0.05, 0.1) is 4.92 Å². The maximum atomic E-state index is 12.6. The van der Waals surface area contributed by atoms with E-state index in [2.05, 4.69) is 37.8 Å². The van der Waals surface area contributed by atoms with Crippen LogP contribution in [0.4, 0.5) is 17.2 Å². The fraction of sp³-hybridized carbons (Fsp3) is 0.294. The number of anilines is 2. The van der Waals surface area contributed by atoms with Gasteiger partial charge in [0.15, 0.2) is 0 Å². The lowest BCUT2D eigenvalue weighted by Gasteiger charge is -2.29. The van der Waals surface area contributed by atoms with Crippen molar-refractivity contribution in [3.63, 3.8) is 0 Å². The van der Waals surface area contributed by atoms with Crippen LogP contribution >= 0.6 is 22.6 Å². The first-order valence-corrected chi connectivity index (χ1v) is 9.09. The summed E-state index contributed by atoms with van der Waals surface area (Å²) >= 11 is 2.11. The first-order valence-electron chi connectivity index (χ1n) is 8.01. The molecule has 0 radical (unpaired) electrons. The summed E-state index contributed by atoms with van der Waals surface area (Å²) in [5, 5.41) is 13.9. The number of amides is 1. The Kier molecular flexibility index (Phi) is 5.47. The molecule has 0 atom stereocenters. The van der Waals surface area contributed by atoms with E-state index in [1.807, 2.05) is 6.07 Å². The Balaban J connectivity index is 1.89. The molecule has 2 aromatic rings. The fourth-order valence-corrected chi connectivity index (χ4v) is 3.17. The average Bonchev–Trinajstić information content (AvgIpc) is 2.63. The molecule has 1 N–H and O–H groups in total. The predicted octanol–water partition coefficient (Wildman–Crippen LogP) is 3.84. The first kappa shape index (κ1) is 17.6. The van der Waals surface area contributed by atoms with Crippen molar-refractivity contribution in [2.45, 2.75) is 19.3 Å². The molecular formula is C17H17IN4O3. The van der Waals surface area contributed by atoms with Gasteiger partial charge in [0, 0.05) is 34.6 Å². The van der Waals surface area contributed by atoms with Crippen molar-refractivity contribution in [2.75, 3.05) is 23.3 Å². The van der Waals surface area contributed by atoms with Crippen molar-refractivity contribution in [3.8, 4) is 0 Å². The van der Waals surface area contributed by atoms with Gasteiger partial charge in [0.2, 0.25) is 0 Å². The third kappa shape index (κ3) is 4.25. The largest absolute Gasteiger partial charge is 0.372 e. The van der Waals surface area contributed by atoms with Crippen LogP contribution in [0.15, 0.2) is 36.5 Å². The molecular weight excluding hydrogens is 435 g/mol. The molecule has 1 aliphatic heterocycles. The van der Waals surface area contributed by atoms with Gasteiger partial charge in [-0.3, -0.25) is 14.9 Å². The van der Waals surface area contributed by atoms with Gasteiger partial charge in [-0.1, -0.05) is 0 Å². The molecule has 7 nitrogen and oxygen atoms in total. The number of carbonyl (C=O) groups is 1. The standard InChI is InChI=1S/C17H17IN4O3/c18-12-4-7-16(19-11-12)20-17(23)14-10-13(5-6-15(14)22(24)25)21-8-2-1-3-9-21/h4-7,10-11H,1-3,8-9H2,(H,19,20,23). The lowest BCUT2D eigenvalue weighted by atomic mass is 10.1. The summed E-state index contributed by atoms with van der Waals surface area (Å²) in [6, 6.07) is 8.19. The summed E-state index contributed by atoms with van der Waals surface area (Å²) in [6.07, 6.45) is 4.99. The van der Waals surface area contributed by atoms with Crippen molar-refractivity contribution in [3.05, 3.63) is 55.8 Å². The number of rotatable bonds is 4. The van der Waals surface area contributed by atoms with Gasteiger partial charge in [-0.25, -0.2) is 4.98 Å². The number of hydrogen-bond acceptors (Lipinski definition) is 5. The molecule has 0 saturated carbocycles. The maximum Gasteiger partial charge on any atom is 0.282 e. The Hall–Kier alpha value is -2.23. The Morgan fingerprint density at radius 3 is 2.60 bits per heavy atom. The minimum atomic E-state index is -0.531. The third-order valence-electron chi connectivity index (χ3n) is 4.11. The molecule has 8 heteroatoms. The second-order valence-corrected chi connectivity index (χ2v) is 7.07. The lowest BCUT2D eigenvalue weighted by Crippen LogP contribution is -2.29. The van der Waals surface area contributed by atoms with Gasteiger partial charge in [-0.05, 0) is 66.1 Å². The van der Waals surface area contributed by atoms with Crippen molar-refractivity contribution in [1.29, 1.82) is 0 Å². The van der Waals surface area contributed by atoms with Crippen molar-refractivity contribution >= 4 is 45.7 Å². The van der Waals surface area contributed by atoms with E-state index in [1.165, 1.54) is 12.5 Å². The van der Waals surface area contributed by atoms with E-state index in [-0.39, 0.29) is 11.3 Å². The van der Waals surface area contributed by atoms with E-state index in [9.17, 15) is 14.9 Å². The van der Waals surface area contributed by atoms with Crippen LogP contribution in [0, 0.1) is 13.7 Å². The number of nitrogens with one attached hydrogen (secondary N) is 1. The Labute approximate surface area is 158 Å². The highest BCUT2D eigenvalue weighted by atomic mass is 127. The van der Waals surface area contributed by atoms with Gasteiger partial charge in [0.25, 0.3) is 11.6 Å². The van der Waals surface area contributed by atoms with Crippen LogP contribution in [0.25, 0.3) is 0 Å². The minimum absolute atomic E-state index is 0.0495. The van der Waals surface area contributed by atoms with Crippen molar-refractivity contribution < 1.29 is 9.72 Å². The van der Waals surface area contributed by atoms with Crippen LogP contribution < -0.4 is 10.2 Å². The molecule has 1 fully saturated rings. The third-order valence-corrected chi connectivity index (χ3v) is 4.75. The van der Waals surface area contributed by atoms with Crippen LogP contribution in [0.1, 0.15) is 29.6 Å². The molecule has 1 aliphatic rings. The number of halogens is 1. The minimum Gasteiger partial charge on any atom is -0.372 e. The lowest BCUT2D eigenvalue weighted by molar-refractivity contribution is -0.385. The molecule has 130 valence electrons. The zero-order valence-corrected chi connectivity index (χ0v) is 15.6. The van der Waals surface area contributed by atoms with Crippen LogP contribution in [-0.4, -0.2) is 28.9 Å². The van der Waals surface area contributed by atoms with Crippen molar-refractivity contribution in [1.82, 2.24) is 4.98 Å². The number of piperidine rings is 1. The second kappa shape index (κ2) is 7.77. The van der Waals surface area contributed by atoms with Crippen LogP contribution in [-0.2, 0) is 0 Å². The topological polar surface area (TPSA) is 88.4 Å². The number of nitro groups is 1. The molecule has 1 aromatic heterocycles. The second-order valence-electron chi connectivity index (χ2n) is 5.82. The highest BCUT2D eigenvalue weighted by Crippen LogP contribution is 2.27. The Morgan fingerprint density at radius 2 is 1.96 bits per heavy atom. The molecule has 0 aliphatic carbocycles. The Morgan fingerprint density at radius 1 is 1.20 bits per heavy atom. The normalized spacial score (nSPS) is 14.2. The highest BCUT2D eigenvalue weighted by Gasteiger charge is 2.23. The fourth-order valence-electron chi connectivity index (χ4n) is 2.85. The van der Waals surface area contributed by atoms with E-state index in [4.69, 9.17) is 0 Å². The zero-order chi connectivity index (χ0) is 17.8. The SMILES string of the molecule is O=C(Nc1ccc(I)cn1)c1cc(N2CCCCC2)ccc1[N+](=O)[O-]. The van der Waals surface area contributed by atoms with Gasteiger partial charge < -0.3 is 10.2 Å². The smallest absolute Gasteiger partial charge is 0.282 e. The van der Waals surface area contributed by atoms with Crippen LogP contribution in [0.5, 0.6) is 0 Å². The summed E-state index contributed by atoms with van der Waals surface area (Å²) in [5.74, 6) is -0.164. The molecule has 3 rings (SSSR count). The molecule has 0 spiro atoms. The summed E-state index contributed by atoms with van der Waals surface area (Å²) in [4.78, 5) is 29.6. The van der Waals surface area contributed by atoms with Gasteiger partial charge >= 0.3 is 0 Å². The number of aromatic nitrogens is 1. The monoisotopic (exact) mass is 452 g/mol. The highest BCUT2D eigenvalue weighted by molar-refractivity contribution is 14.1. The van der Waals surface area contributed by atoms with Gasteiger partial charge in [-0.2, -0.15) is 0 Å². The van der Waals surface area contributed by atoms with E-state index >= 15 is 0 Å². The average molecular weight is 452 g/mol. The van der Waals surface area contributed by atoms with Crippen molar-refractivity contribution in [2.24, 2.45) is 0 Å². The van der Waals surface area contributed by atoms with Gasteiger partial charge in [0.1, 0.15) is 11.4 Å². The summed E-state index contributed by atoms with van der Waals surface area (Å²) in [7, 11) is 0. The molecule has 0 unspecified atom stereocenters. The quantitative estimate of drug-likeness (QED) is 0.433.